The van der Waals surface area contributed by atoms with Crippen LogP contribution in [-0.4, -0.2) is 80.6 Å². The minimum Gasteiger partial charge on any atom is -0.477 e. The number of hydrogen-bond acceptors (Lipinski definition) is 6. The quantitative estimate of drug-likeness (QED) is 0.0281. The lowest BCUT2D eigenvalue weighted by Gasteiger charge is -2.31. The van der Waals surface area contributed by atoms with Crippen LogP contribution in [0.3, 0.4) is 0 Å². The minimum atomic E-state index is -0.887. The van der Waals surface area contributed by atoms with Crippen LogP contribution in [0.1, 0.15) is 181 Å². The normalized spacial score (nSPS) is 13.9. The molecule has 0 spiro atoms. The van der Waals surface area contributed by atoms with Gasteiger partial charge in [-0.25, -0.2) is 4.79 Å². The van der Waals surface area contributed by atoms with Gasteiger partial charge in [-0.05, 0) is 103 Å². The van der Waals surface area contributed by atoms with Crippen molar-refractivity contribution in [3.63, 3.8) is 0 Å². The van der Waals surface area contributed by atoms with Crippen LogP contribution in [0.25, 0.3) is 0 Å². The van der Waals surface area contributed by atoms with Gasteiger partial charge in [-0.15, -0.1) is 0 Å². The summed E-state index contributed by atoms with van der Waals surface area (Å²) in [6, 6.07) is -0.631. The first-order valence-electron chi connectivity index (χ1n) is 26.1. The molecule has 2 unspecified atom stereocenters. The fraction of sp³-hybridized carbons (Fsp3) is 0.610. The van der Waals surface area contributed by atoms with Crippen molar-refractivity contribution in [2.24, 2.45) is 0 Å². The fourth-order valence-electron chi connectivity index (χ4n) is 6.91. The first-order chi connectivity index (χ1) is 32.6. The van der Waals surface area contributed by atoms with Crippen molar-refractivity contribution in [2.75, 3.05) is 41.0 Å². The van der Waals surface area contributed by atoms with Gasteiger partial charge in [0.25, 0.3) is 0 Å². The van der Waals surface area contributed by atoms with Crippen molar-refractivity contribution in [3.8, 4) is 0 Å². The zero-order chi connectivity index (χ0) is 49.2. The number of rotatable bonds is 45. The van der Waals surface area contributed by atoms with Crippen molar-refractivity contribution >= 4 is 17.9 Å². The molecular formula is C59H96NO7+. The van der Waals surface area contributed by atoms with E-state index < -0.39 is 18.1 Å². The van der Waals surface area contributed by atoms with Crippen molar-refractivity contribution in [1.29, 1.82) is 0 Å². The number of likely N-dealkylation sites (N-methyl/N-ethyl adjacent to an activating group) is 1. The van der Waals surface area contributed by atoms with Gasteiger partial charge in [0.1, 0.15) is 6.61 Å². The second-order valence-electron chi connectivity index (χ2n) is 18.0. The van der Waals surface area contributed by atoms with Crippen LogP contribution >= 0.6 is 0 Å². The Hall–Kier alpha value is -4.27. The van der Waals surface area contributed by atoms with Crippen molar-refractivity contribution in [1.82, 2.24) is 0 Å². The monoisotopic (exact) mass is 931 g/mol. The summed E-state index contributed by atoms with van der Waals surface area (Å²) in [6.45, 7) is 4.45. The van der Waals surface area contributed by atoms with Crippen molar-refractivity contribution in [2.45, 2.75) is 193 Å². The van der Waals surface area contributed by atoms with Gasteiger partial charge in [0, 0.05) is 19.3 Å². The van der Waals surface area contributed by atoms with E-state index in [9.17, 15) is 19.5 Å². The number of ether oxygens (including phenoxy) is 3. The molecule has 378 valence electrons. The molecular weight excluding hydrogens is 835 g/mol. The molecule has 0 heterocycles. The third kappa shape index (κ3) is 46.6. The maximum absolute atomic E-state index is 12.8. The molecule has 0 aromatic carbocycles. The number of carboxylic acids is 1. The number of carboxylic acid groups (broad SMARTS) is 1. The molecule has 0 fully saturated rings. The van der Waals surface area contributed by atoms with Crippen LogP contribution in [0.15, 0.2) is 122 Å². The molecule has 2 atom stereocenters. The first-order valence-corrected chi connectivity index (χ1v) is 26.1. The van der Waals surface area contributed by atoms with Gasteiger partial charge in [-0.1, -0.05) is 180 Å². The second-order valence-corrected chi connectivity index (χ2v) is 18.0. The Bertz CT molecular complexity index is 1500. The molecule has 0 saturated heterocycles. The fourth-order valence-corrected chi connectivity index (χ4v) is 6.91. The third-order valence-corrected chi connectivity index (χ3v) is 10.9. The summed E-state index contributed by atoms with van der Waals surface area (Å²) in [4.78, 5) is 37.2. The smallest absolute Gasteiger partial charge is 0.362 e. The van der Waals surface area contributed by atoms with E-state index in [1.807, 2.05) is 21.1 Å². The largest absolute Gasteiger partial charge is 0.477 e. The molecule has 0 rings (SSSR count). The topological polar surface area (TPSA) is 99.1 Å². The number of esters is 2. The lowest BCUT2D eigenvalue weighted by atomic mass is 10.1. The van der Waals surface area contributed by atoms with Crippen LogP contribution < -0.4 is 0 Å². The molecule has 0 bridgehead atoms. The molecule has 0 aromatic heterocycles. The van der Waals surface area contributed by atoms with Gasteiger partial charge >= 0.3 is 17.9 Å². The van der Waals surface area contributed by atoms with Gasteiger partial charge in [0.2, 0.25) is 0 Å². The highest BCUT2D eigenvalue weighted by molar-refractivity contribution is 5.72. The number of carbonyl (C=O) groups excluding carboxylic acids is 2. The van der Waals surface area contributed by atoms with Gasteiger partial charge in [0.15, 0.2) is 12.1 Å². The number of unbranched alkanes of at least 4 members (excludes halogenated alkanes) is 11. The highest BCUT2D eigenvalue weighted by Gasteiger charge is 2.31. The number of aliphatic carboxylic acids is 1. The van der Waals surface area contributed by atoms with E-state index in [0.717, 1.165) is 103 Å². The average Bonchev–Trinajstić information content (AvgIpc) is 3.29. The third-order valence-electron chi connectivity index (χ3n) is 10.9. The highest BCUT2D eigenvalue weighted by atomic mass is 16.6. The number of carbonyl (C=O) groups is 3. The number of nitrogens with zero attached hydrogens (tertiary/aromatic N) is 1. The number of quaternary nitrogens is 1. The van der Waals surface area contributed by atoms with Crippen LogP contribution in [0.4, 0.5) is 0 Å². The van der Waals surface area contributed by atoms with Crippen molar-refractivity contribution < 1.29 is 38.2 Å². The summed E-state index contributed by atoms with van der Waals surface area (Å²) < 4.78 is 17.3. The summed E-state index contributed by atoms with van der Waals surface area (Å²) in [6.07, 6.45) is 68.2. The first kappa shape index (κ1) is 62.7. The molecule has 0 aliphatic carbocycles. The molecule has 8 nitrogen and oxygen atoms in total. The van der Waals surface area contributed by atoms with Crippen LogP contribution in [-0.2, 0) is 28.6 Å². The molecule has 0 aliphatic heterocycles. The summed E-state index contributed by atoms with van der Waals surface area (Å²) in [5, 5.41) is 9.66. The van der Waals surface area contributed by atoms with Crippen LogP contribution in [0.5, 0.6) is 0 Å². The van der Waals surface area contributed by atoms with Crippen LogP contribution in [0.2, 0.25) is 0 Å². The SMILES string of the molecule is CC/C=C/C/C=C/C/C=C/C/C=C/C/C=C/C/C=C/CCCCC(=O)OCC(COCCC(C(=O)O)[N+](C)(C)C)OC(=O)CCCCCCCCCCC/C=C/C/C=C/C/C=C/C/C=C/CC. The molecule has 8 heteroatoms. The predicted octanol–water partition coefficient (Wildman–Crippen LogP) is 15.4. The number of hydrogen-bond donors (Lipinski definition) is 1. The minimum absolute atomic E-state index is 0.0363. The maximum atomic E-state index is 12.8. The molecule has 0 radical (unpaired) electrons. The van der Waals surface area contributed by atoms with Gasteiger partial charge in [-0.3, -0.25) is 9.59 Å². The standard InChI is InChI=1S/C59H95NO7/c1-6-8-10-12-14-16-18-20-22-24-26-28-30-32-34-36-38-40-42-44-46-48-50-58(62)67-55(53-65-52-51-56(59(63)64)60(3,4)5)54-66-57(61)49-47-45-43-41-39-37-35-33-31-29-27-25-23-21-19-17-15-13-11-9-7-2/h8-11,14-17,20-23,26-29,33,35,39,41,55-56H,6-7,12-13,18-19,24-25,30-32,34,36-38,40,42-54H2,1-5H3/p+1/b10-8+,11-9+,16-14+,17-15+,22-20+,23-21+,28-26+,29-27+,35-33+,41-39+. The van der Waals surface area contributed by atoms with E-state index in [2.05, 4.69) is 135 Å². The molecule has 67 heavy (non-hydrogen) atoms. The Morgan fingerprint density at radius 2 is 0.791 bits per heavy atom. The van der Waals surface area contributed by atoms with E-state index >= 15 is 0 Å². The lowest BCUT2D eigenvalue weighted by molar-refractivity contribution is -0.887. The van der Waals surface area contributed by atoms with Gasteiger partial charge < -0.3 is 23.8 Å². The Kier molecular flexibility index (Phi) is 45.1. The number of allylic oxidation sites excluding steroid dienone is 20. The molecule has 0 aliphatic rings. The Balaban J connectivity index is 4.36. The van der Waals surface area contributed by atoms with E-state index in [1.165, 1.54) is 38.5 Å². The van der Waals surface area contributed by atoms with Gasteiger partial charge in [-0.2, -0.15) is 0 Å². The van der Waals surface area contributed by atoms with Gasteiger partial charge in [0.05, 0.1) is 34.4 Å². The van der Waals surface area contributed by atoms with Crippen molar-refractivity contribution in [3.05, 3.63) is 122 Å². The Morgan fingerprint density at radius 1 is 0.448 bits per heavy atom. The van der Waals surface area contributed by atoms with E-state index in [1.54, 1.807) is 0 Å². The lowest BCUT2D eigenvalue weighted by Crippen LogP contribution is -2.50. The summed E-state index contributed by atoms with van der Waals surface area (Å²) >= 11 is 0. The highest BCUT2D eigenvalue weighted by Crippen LogP contribution is 2.14. The molecule has 0 amide bonds. The Morgan fingerprint density at radius 3 is 1.19 bits per heavy atom. The molecule has 0 saturated carbocycles. The Labute approximate surface area is 410 Å². The predicted molar refractivity (Wildman–Crippen MR) is 284 cm³/mol. The summed E-state index contributed by atoms with van der Waals surface area (Å²) in [5.74, 6) is -1.54. The maximum Gasteiger partial charge on any atom is 0.362 e. The van der Waals surface area contributed by atoms with Crippen LogP contribution in [0, 0.1) is 0 Å². The van der Waals surface area contributed by atoms with E-state index in [0.29, 0.717) is 25.7 Å². The average molecular weight is 931 g/mol. The molecule has 0 aromatic rings. The summed E-state index contributed by atoms with van der Waals surface area (Å²) in [7, 11) is 5.51. The molecule has 1 N–H and O–H groups in total. The van der Waals surface area contributed by atoms with E-state index in [-0.39, 0.29) is 36.2 Å². The summed E-state index contributed by atoms with van der Waals surface area (Å²) in [5.41, 5.74) is 0. The zero-order valence-corrected chi connectivity index (χ0v) is 43.1. The van der Waals surface area contributed by atoms with E-state index in [4.69, 9.17) is 14.2 Å². The zero-order valence-electron chi connectivity index (χ0n) is 43.1. The second kappa shape index (κ2) is 48.2.